The van der Waals surface area contributed by atoms with Crippen molar-refractivity contribution in [1.82, 2.24) is 0 Å². The number of anilines is 1. The maximum Gasteiger partial charge on any atom is 0.265 e. The van der Waals surface area contributed by atoms with Crippen molar-refractivity contribution in [2.45, 2.75) is 26.4 Å². The minimum absolute atomic E-state index is 0.245. The van der Waals surface area contributed by atoms with Gasteiger partial charge in [-0.15, -0.1) is 0 Å². The third kappa shape index (κ3) is 4.31. The predicted octanol–water partition coefficient (Wildman–Crippen LogP) is 3.93. The zero-order valence-electron chi connectivity index (χ0n) is 12.1. The van der Waals surface area contributed by atoms with Gasteiger partial charge < -0.3 is 10.1 Å². The van der Waals surface area contributed by atoms with Gasteiger partial charge in [-0.25, -0.2) is 4.39 Å². The molecule has 1 N–H and O–H groups in total. The molecule has 0 saturated carbocycles. The van der Waals surface area contributed by atoms with Crippen LogP contribution in [0.1, 0.15) is 18.9 Å². The van der Waals surface area contributed by atoms with Crippen molar-refractivity contribution in [3.63, 3.8) is 0 Å². The van der Waals surface area contributed by atoms with Gasteiger partial charge in [0.05, 0.1) is 0 Å². The Bertz CT molecular complexity index is 610. The molecule has 0 aliphatic heterocycles. The second-order valence-electron chi connectivity index (χ2n) is 4.83. The highest BCUT2D eigenvalue weighted by atomic mass is 19.1. The Morgan fingerprint density at radius 3 is 2.57 bits per heavy atom. The number of rotatable bonds is 5. The molecule has 0 aromatic heterocycles. The monoisotopic (exact) mass is 287 g/mol. The number of aryl methyl sites for hydroxylation is 1. The minimum atomic E-state index is -0.586. The zero-order chi connectivity index (χ0) is 15.2. The molecular weight excluding hydrogens is 269 g/mol. The van der Waals surface area contributed by atoms with Gasteiger partial charge in [-0.05, 0) is 55.3 Å². The molecule has 0 spiro atoms. The largest absolute Gasteiger partial charge is 0.481 e. The third-order valence-electron chi connectivity index (χ3n) is 3.04. The fraction of sp³-hybridized carbons (Fsp3) is 0.235. The van der Waals surface area contributed by atoms with E-state index in [0.29, 0.717) is 17.9 Å². The van der Waals surface area contributed by atoms with Crippen molar-refractivity contribution < 1.29 is 13.9 Å². The van der Waals surface area contributed by atoms with Crippen molar-refractivity contribution >= 4 is 11.6 Å². The van der Waals surface area contributed by atoms with Gasteiger partial charge in [0.25, 0.3) is 5.91 Å². The van der Waals surface area contributed by atoms with E-state index in [1.165, 1.54) is 24.3 Å². The number of halogens is 1. The summed E-state index contributed by atoms with van der Waals surface area (Å²) < 4.78 is 18.6. The molecule has 1 amide bonds. The number of benzene rings is 2. The fourth-order valence-corrected chi connectivity index (χ4v) is 1.93. The highest BCUT2D eigenvalue weighted by molar-refractivity contribution is 5.94. The van der Waals surface area contributed by atoms with Crippen LogP contribution < -0.4 is 10.1 Å². The van der Waals surface area contributed by atoms with Crippen LogP contribution in [0.2, 0.25) is 0 Å². The molecule has 3 nitrogen and oxygen atoms in total. The van der Waals surface area contributed by atoms with Crippen LogP contribution in [-0.4, -0.2) is 12.0 Å². The van der Waals surface area contributed by atoms with Crippen LogP contribution in [0.5, 0.6) is 5.75 Å². The van der Waals surface area contributed by atoms with Gasteiger partial charge in [0.15, 0.2) is 6.10 Å². The van der Waals surface area contributed by atoms with Crippen LogP contribution in [0.4, 0.5) is 10.1 Å². The zero-order valence-corrected chi connectivity index (χ0v) is 12.1. The molecule has 21 heavy (non-hydrogen) atoms. The molecule has 2 rings (SSSR count). The average molecular weight is 287 g/mol. The number of ether oxygens (including phenoxy) is 1. The molecule has 0 aliphatic carbocycles. The van der Waals surface area contributed by atoms with E-state index < -0.39 is 6.10 Å². The van der Waals surface area contributed by atoms with Gasteiger partial charge in [-0.2, -0.15) is 0 Å². The molecular formula is C17H18FNO2. The highest BCUT2D eigenvalue weighted by Crippen LogP contribution is 2.17. The van der Waals surface area contributed by atoms with Crippen LogP contribution in [0.15, 0.2) is 48.5 Å². The normalized spacial score (nSPS) is 11.8. The van der Waals surface area contributed by atoms with E-state index in [1.807, 2.05) is 38.1 Å². The summed E-state index contributed by atoms with van der Waals surface area (Å²) in [6.45, 7) is 3.84. The lowest BCUT2D eigenvalue weighted by molar-refractivity contribution is -0.122. The highest BCUT2D eigenvalue weighted by Gasteiger charge is 2.18. The first-order valence-electron chi connectivity index (χ1n) is 6.88. The van der Waals surface area contributed by atoms with Crippen LogP contribution in [-0.2, 0) is 4.79 Å². The lowest BCUT2D eigenvalue weighted by atomic mass is 10.2. The van der Waals surface area contributed by atoms with E-state index >= 15 is 0 Å². The molecule has 0 fully saturated rings. The van der Waals surface area contributed by atoms with Crippen LogP contribution in [0, 0.1) is 12.7 Å². The van der Waals surface area contributed by atoms with Gasteiger partial charge >= 0.3 is 0 Å². The van der Waals surface area contributed by atoms with Gasteiger partial charge in [0.2, 0.25) is 0 Å². The van der Waals surface area contributed by atoms with E-state index in [0.717, 1.165) is 5.56 Å². The van der Waals surface area contributed by atoms with Crippen LogP contribution in [0.3, 0.4) is 0 Å². The second-order valence-corrected chi connectivity index (χ2v) is 4.83. The van der Waals surface area contributed by atoms with Crippen LogP contribution >= 0.6 is 0 Å². The Labute approximate surface area is 123 Å². The summed E-state index contributed by atoms with van der Waals surface area (Å²) in [6, 6.07) is 13.2. The summed E-state index contributed by atoms with van der Waals surface area (Å²) >= 11 is 0. The summed E-state index contributed by atoms with van der Waals surface area (Å²) in [6.07, 6.45) is -0.0436. The molecule has 4 heteroatoms. The molecule has 110 valence electrons. The number of amides is 1. The van der Waals surface area contributed by atoms with E-state index in [-0.39, 0.29) is 11.7 Å². The van der Waals surface area contributed by atoms with E-state index in [1.54, 1.807) is 0 Å². The Morgan fingerprint density at radius 2 is 1.95 bits per heavy atom. The Kier molecular flexibility index (Phi) is 4.93. The molecule has 0 heterocycles. The standard InChI is InChI=1S/C17H18FNO2/c1-3-16(21-15-6-4-5-12(2)11-15)17(20)19-14-9-7-13(18)8-10-14/h4-11,16H,3H2,1-2H3,(H,19,20)/t16-/m0/s1. The predicted molar refractivity (Wildman–Crippen MR) is 80.9 cm³/mol. The first-order chi connectivity index (χ1) is 10.1. The van der Waals surface area contributed by atoms with E-state index in [9.17, 15) is 9.18 Å². The first-order valence-corrected chi connectivity index (χ1v) is 6.88. The van der Waals surface area contributed by atoms with Crippen molar-refractivity contribution in [2.24, 2.45) is 0 Å². The van der Waals surface area contributed by atoms with Crippen molar-refractivity contribution in [1.29, 1.82) is 0 Å². The summed E-state index contributed by atoms with van der Waals surface area (Å²) in [7, 11) is 0. The Morgan fingerprint density at radius 1 is 1.24 bits per heavy atom. The molecule has 0 saturated heterocycles. The summed E-state index contributed by atoms with van der Waals surface area (Å²) in [5.41, 5.74) is 1.62. The van der Waals surface area contributed by atoms with E-state index in [4.69, 9.17) is 4.74 Å². The van der Waals surface area contributed by atoms with Gasteiger partial charge in [0, 0.05) is 5.69 Å². The lowest BCUT2D eigenvalue weighted by Gasteiger charge is -2.17. The number of hydrogen-bond acceptors (Lipinski definition) is 2. The second kappa shape index (κ2) is 6.88. The molecule has 2 aromatic carbocycles. The molecule has 0 aliphatic rings. The molecule has 0 radical (unpaired) electrons. The van der Waals surface area contributed by atoms with Gasteiger partial charge in [-0.1, -0.05) is 19.1 Å². The Balaban J connectivity index is 2.03. The summed E-state index contributed by atoms with van der Waals surface area (Å²) in [4.78, 5) is 12.2. The van der Waals surface area contributed by atoms with Crippen molar-refractivity contribution in [2.75, 3.05) is 5.32 Å². The fourth-order valence-electron chi connectivity index (χ4n) is 1.93. The maximum atomic E-state index is 12.8. The molecule has 1 atom stereocenters. The van der Waals surface area contributed by atoms with Gasteiger partial charge in [0.1, 0.15) is 11.6 Å². The lowest BCUT2D eigenvalue weighted by Crippen LogP contribution is -2.32. The molecule has 2 aromatic rings. The smallest absolute Gasteiger partial charge is 0.265 e. The van der Waals surface area contributed by atoms with Crippen molar-refractivity contribution in [3.8, 4) is 5.75 Å². The van der Waals surface area contributed by atoms with E-state index in [2.05, 4.69) is 5.32 Å². The summed E-state index contributed by atoms with van der Waals surface area (Å²) in [5, 5.41) is 2.72. The molecule has 0 unspecified atom stereocenters. The quantitative estimate of drug-likeness (QED) is 0.905. The third-order valence-corrected chi connectivity index (χ3v) is 3.04. The number of carbonyl (C=O) groups excluding carboxylic acids is 1. The average Bonchev–Trinajstić information content (AvgIpc) is 2.47. The number of carbonyl (C=O) groups is 1. The van der Waals surface area contributed by atoms with Crippen molar-refractivity contribution in [3.05, 3.63) is 59.9 Å². The maximum absolute atomic E-state index is 12.8. The number of nitrogens with one attached hydrogen (secondary N) is 1. The van der Waals surface area contributed by atoms with Gasteiger partial charge in [-0.3, -0.25) is 4.79 Å². The van der Waals surface area contributed by atoms with Crippen LogP contribution in [0.25, 0.3) is 0 Å². The first kappa shape index (κ1) is 15.0. The summed E-state index contributed by atoms with van der Waals surface area (Å²) in [5.74, 6) is 0.0813. The molecule has 0 bridgehead atoms. The number of hydrogen-bond donors (Lipinski definition) is 1. The SMILES string of the molecule is CC[C@H](Oc1cccc(C)c1)C(=O)Nc1ccc(F)cc1. The topological polar surface area (TPSA) is 38.3 Å². The Hall–Kier alpha value is -2.36. The minimum Gasteiger partial charge on any atom is -0.481 e.